The second-order valence-corrected chi connectivity index (χ2v) is 2.67. The number of nitrogens with one attached hydrogen (secondary N) is 1. The zero-order valence-electron chi connectivity index (χ0n) is 5.87. The van der Waals surface area contributed by atoms with E-state index in [1.807, 2.05) is 0 Å². The van der Waals surface area contributed by atoms with E-state index in [0.717, 1.165) is 0 Å². The third-order valence-electron chi connectivity index (χ3n) is 1.86. The van der Waals surface area contributed by atoms with Gasteiger partial charge in [-0.3, -0.25) is 0 Å². The summed E-state index contributed by atoms with van der Waals surface area (Å²) in [7, 11) is 0. The van der Waals surface area contributed by atoms with E-state index >= 15 is 0 Å². The zero-order valence-corrected chi connectivity index (χ0v) is 5.87. The van der Waals surface area contributed by atoms with Gasteiger partial charge < -0.3 is 15.5 Å². The summed E-state index contributed by atoms with van der Waals surface area (Å²) >= 11 is 0. The van der Waals surface area contributed by atoms with Crippen LogP contribution in [0.4, 0.5) is 8.78 Å². The van der Waals surface area contributed by atoms with Crippen molar-refractivity contribution in [3.05, 3.63) is 0 Å². The number of hydrogen-bond acceptors (Lipinski definition) is 3. The second kappa shape index (κ2) is 3.42. The quantitative estimate of drug-likeness (QED) is 0.469. The van der Waals surface area contributed by atoms with Crippen LogP contribution >= 0.6 is 0 Å². The SMILES string of the molecule is O[C@@H]1[C@H](F)[C@H](O)CN[C@@H]1CF. The average Bonchev–Trinajstić information content (AvgIpc) is 2.01. The van der Waals surface area contributed by atoms with Gasteiger partial charge in [0.1, 0.15) is 18.9 Å². The van der Waals surface area contributed by atoms with E-state index in [-0.39, 0.29) is 6.54 Å². The number of β-amino-alcohol motifs (C(OH)–C–C–N with tert-alkyl or cyclic N) is 1. The Balaban J connectivity index is 2.52. The molecule has 0 bridgehead atoms. The summed E-state index contributed by atoms with van der Waals surface area (Å²) in [6.07, 6.45) is -4.41. The van der Waals surface area contributed by atoms with Gasteiger partial charge in [0.25, 0.3) is 0 Å². The number of rotatable bonds is 1. The molecule has 11 heavy (non-hydrogen) atoms. The van der Waals surface area contributed by atoms with Gasteiger partial charge in [-0.25, -0.2) is 8.78 Å². The third-order valence-corrected chi connectivity index (χ3v) is 1.86. The van der Waals surface area contributed by atoms with E-state index in [0.29, 0.717) is 0 Å². The molecule has 0 aromatic rings. The first-order chi connectivity index (χ1) is 5.16. The summed E-state index contributed by atoms with van der Waals surface area (Å²) in [5, 5.41) is 20.3. The molecular weight excluding hydrogens is 156 g/mol. The molecule has 1 aliphatic rings. The van der Waals surface area contributed by atoms with Crippen LogP contribution in [0.15, 0.2) is 0 Å². The lowest BCUT2D eigenvalue weighted by Crippen LogP contribution is -2.58. The minimum atomic E-state index is -1.74. The van der Waals surface area contributed by atoms with Gasteiger partial charge in [-0.15, -0.1) is 0 Å². The maximum Gasteiger partial charge on any atom is 0.154 e. The maximum atomic E-state index is 12.7. The van der Waals surface area contributed by atoms with E-state index in [9.17, 15) is 8.78 Å². The van der Waals surface area contributed by atoms with Crippen LogP contribution in [0.1, 0.15) is 0 Å². The monoisotopic (exact) mass is 167 g/mol. The topological polar surface area (TPSA) is 52.5 Å². The molecule has 1 fully saturated rings. The standard InChI is InChI=1S/C6H11F2NO2/c7-1-3-6(11)5(8)4(10)2-9-3/h3-6,9-11H,1-2H2/t3-,4-,5-,6+/m1/s1. The van der Waals surface area contributed by atoms with Crippen molar-refractivity contribution in [1.29, 1.82) is 0 Å². The van der Waals surface area contributed by atoms with Gasteiger partial charge in [-0.1, -0.05) is 0 Å². The molecule has 0 spiro atoms. The first-order valence-electron chi connectivity index (χ1n) is 3.46. The third kappa shape index (κ3) is 1.66. The van der Waals surface area contributed by atoms with Crippen LogP contribution in [0, 0.1) is 0 Å². The normalized spacial score (nSPS) is 45.8. The van der Waals surface area contributed by atoms with Crippen molar-refractivity contribution in [3.8, 4) is 0 Å². The van der Waals surface area contributed by atoms with Gasteiger partial charge in [0.05, 0.1) is 6.04 Å². The molecule has 0 radical (unpaired) electrons. The molecule has 0 aromatic heterocycles. The van der Waals surface area contributed by atoms with Crippen molar-refractivity contribution < 1.29 is 19.0 Å². The lowest BCUT2D eigenvalue weighted by molar-refractivity contribution is -0.0573. The van der Waals surface area contributed by atoms with Crippen molar-refractivity contribution in [2.75, 3.05) is 13.2 Å². The summed E-state index contributed by atoms with van der Waals surface area (Å²) < 4.78 is 24.7. The number of hydrogen-bond donors (Lipinski definition) is 3. The van der Waals surface area contributed by atoms with Gasteiger partial charge in [0.2, 0.25) is 0 Å². The highest BCUT2D eigenvalue weighted by Crippen LogP contribution is 2.13. The number of piperidine rings is 1. The molecule has 1 rings (SSSR count). The molecule has 0 saturated carbocycles. The molecular formula is C6H11F2NO2. The Hall–Kier alpha value is -0.260. The molecule has 66 valence electrons. The Morgan fingerprint density at radius 1 is 1.45 bits per heavy atom. The van der Waals surface area contributed by atoms with Crippen LogP contribution in [0.3, 0.4) is 0 Å². The van der Waals surface area contributed by atoms with E-state index < -0.39 is 31.1 Å². The summed E-state index contributed by atoms with van der Waals surface area (Å²) in [6.45, 7) is -0.832. The van der Waals surface area contributed by atoms with E-state index in [2.05, 4.69) is 5.32 Å². The molecule has 3 N–H and O–H groups in total. The first-order valence-corrected chi connectivity index (χ1v) is 3.46. The lowest BCUT2D eigenvalue weighted by atomic mass is 9.98. The summed E-state index contributed by atoms with van der Waals surface area (Å²) in [5.74, 6) is 0. The molecule has 1 heterocycles. The minimum Gasteiger partial charge on any atom is -0.389 e. The summed E-state index contributed by atoms with van der Waals surface area (Å²) in [6, 6.07) is -0.881. The fourth-order valence-corrected chi connectivity index (χ4v) is 1.10. The second-order valence-electron chi connectivity index (χ2n) is 2.67. The largest absolute Gasteiger partial charge is 0.389 e. The Kier molecular flexibility index (Phi) is 2.75. The van der Waals surface area contributed by atoms with Gasteiger partial charge in [0.15, 0.2) is 6.17 Å². The maximum absolute atomic E-state index is 12.7. The number of aliphatic hydroxyl groups excluding tert-OH is 2. The van der Waals surface area contributed by atoms with Gasteiger partial charge in [-0.05, 0) is 0 Å². The van der Waals surface area contributed by atoms with Crippen molar-refractivity contribution in [3.63, 3.8) is 0 Å². The van der Waals surface area contributed by atoms with Crippen molar-refractivity contribution in [2.45, 2.75) is 24.4 Å². The summed E-state index contributed by atoms with van der Waals surface area (Å²) in [5.41, 5.74) is 0. The van der Waals surface area contributed by atoms with Crippen LogP contribution in [-0.4, -0.2) is 47.9 Å². The highest BCUT2D eigenvalue weighted by Gasteiger charge is 2.37. The molecule has 0 amide bonds. The molecule has 1 aliphatic heterocycles. The molecule has 1 saturated heterocycles. The van der Waals surface area contributed by atoms with Crippen LogP contribution in [0.2, 0.25) is 0 Å². The first kappa shape index (κ1) is 8.83. The Bertz CT molecular complexity index is 134. The fraction of sp³-hybridized carbons (Fsp3) is 1.00. The van der Waals surface area contributed by atoms with Gasteiger partial charge >= 0.3 is 0 Å². The minimum absolute atomic E-state index is 0.00713. The Morgan fingerprint density at radius 2 is 2.09 bits per heavy atom. The number of alkyl halides is 2. The molecule has 3 nitrogen and oxygen atoms in total. The number of halogens is 2. The van der Waals surface area contributed by atoms with Crippen LogP contribution < -0.4 is 5.32 Å². The van der Waals surface area contributed by atoms with E-state index in [4.69, 9.17) is 10.2 Å². The fourth-order valence-electron chi connectivity index (χ4n) is 1.10. The number of aliphatic hydroxyl groups is 2. The van der Waals surface area contributed by atoms with E-state index in [1.165, 1.54) is 0 Å². The lowest BCUT2D eigenvalue weighted by Gasteiger charge is -2.33. The van der Waals surface area contributed by atoms with Crippen molar-refractivity contribution >= 4 is 0 Å². The predicted octanol–water partition coefficient (Wildman–Crippen LogP) is -1.01. The Morgan fingerprint density at radius 3 is 2.64 bits per heavy atom. The van der Waals surface area contributed by atoms with Gasteiger partial charge in [-0.2, -0.15) is 0 Å². The van der Waals surface area contributed by atoms with Crippen LogP contribution in [0.25, 0.3) is 0 Å². The molecule has 0 aromatic carbocycles. The van der Waals surface area contributed by atoms with E-state index in [1.54, 1.807) is 0 Å². The Labute approximate surface area is 63.0 Å². The van der Waals surface area contributed by atoms with Crippen LogP contribution in [0.5, 0.6) is 0 Å². The smallest absolute Gasteiger partial charge is 0.154 e. The predicted molar refractivity (Wildman–Crippen MR) is 34.7 cm³/mol. The molecule has 0 aliphatic carbocycles. The van der Waals surface area contributed by atoms with Crippen molar-refractivity contribution in [1.82, 2.24) is 5.32 Å². The molecule has 4 atom stereocenters. The average molecular weight is 167 g/mol. The molecule has 5 heteroatoms. The molecule has 0 unspecified atom stereocenters. The van der Waals surface area contributed by atoms with Crippen LogP contribution in [-0.2, 0) is 0 Å². The van der Waals surface area contributed by atoms with Crippen molar-refractivity contribution in [2.24, 2.45) is 0 Å². The highest BCUT2D eigenvalue weighted by atomic mass is 19.1. The van der Waals surface area contributed by atoms with Gasteiger partial charge in [0, 0.05) is 6.54 Å². The zero-order chi connectivity index (χ0) is 8.43. The highest BCUT2D eigenvalue weighted by molar-refractivity contribution is 4.91. The summed E-state index contributed by atoms with van der Waals surface area (Å²) in [4.78, 5) is 0.